The Morgan fingerprint density at radius 1 is 0.565 bits per heavy atom. The SMILES string of the molecule is CCCCCCCCCCCCCCCC(=O)OCC(CN[C@@H](CS)C(=O)O)OC(=O)CCCCCCCCCCCCCCC. The van der Waals surface area contributed by atoms with Gasteiger partial charge in [0.1, 0.15) is 18.8 Å². The molecule has 0 amide bonds. The van der Waals surface area contributed by atoms with Crippen molar-refractivity contribution in [2.45, 2.75) is 206 Å². The lowest BCUT2D eigenvalue weighted by atomic mass is 10.0. The van der Waals surface area contributed by atoms with Crippen molar-refractivity contribution in [1.29, 1.82) is 0 Å². The molecule has 1 unspecified atom stereocenters. The lowest BCUT2D eigenvalue weighted by Crippen LogP contribution is -2.44. The highest BCUT2D eigenvalue weighted by atomic mass is 32.1. The van der Waals surface area contributed by atoms with Gasteiger partial charge in [0.05, 0.1) is 0 Å². The zero-order chi connectivity index (χ0) is 33.9. The van der Waals surface area contributed by atoms with E-state index in [9.17, 15) is 19.5 Å². The number of thiol groups is 1. The van der Waals surface area contributed by atoms with Gasteiger partial charge in [-0.05, 0) is 12.8 Å². The molecule has 0 saturated carbocycles. The van der Waals surface area contributed by atoms with Gasteiger partial charge in [-0.25, -0.2) is 0 Å². The quantitative estimate of drug-likeness (QED) is 0.0346. The number of unbranched alkanes of at least 4 members (excludes halogenated alkanes) is 24. The Kier molecular flexibility index (Phi) is 34.1. The minimum atomic E-state index is -1.02. The molecular weight excluding hydrogens is 598 g/mol. The number of ether oxygens (including phenoxy) is 2. The van der Waals surface area contributed by atoms with Crippen LogP contribution in [-0.2, 0) is 23.9 Å². The highest BCUT2D eigenvalue weighted by Gasteiger charge is 2.21. The molecule has 7 nitrogen and oxygen atoms in total. The van der Waals surface area contributed by atoms with Crippen LogP contribution in [0.5, 0.6) is 0 Å². The third kappa shape index (κ3) is 31.3. The summed E-state index contributed by atoms with van der Waals surface area (Å²) < 4.78 is 11.0. The molecular formula is C38H73NO6S. The lowest BCUT2D eigenvalue weighted by Gasteiger charge is -2.21. The summed E-state index contributed by atoms with van der Waals surface area (Å²) >= 11 is 4.09. The first-order valence-electron chi connectivity index (χ1n) is 19.4. The van der Waals surface area contributed by atoms with Crippen LogP contribution >= 0.6 is 12.6 Å². The summed E-state index contributed by atoms with van der Waals surface area (Å²) in [6.45, 7) is 4.52. The van der Waals surface area contributed by atoms with Gasteiger partial charge in [0.2, 0.25) is 0 Å². The minimum Gasteiger partial charge on any atom is -0.480 e. The largest absolute Gasteiger partial charge is 0.480 e. The molecule has 0 fully saturated rings. The van der Waals surface area contributed by atoms with Gasteiger partial charge in [-0.2, -0.15) is 12.6 Å². The Morgan fingerprint density at radius 3 is 1.26 bits per heavy atom. The van der Waals surface area contributed by atoms with Crippen LogP contribution in [0.25, 0.3) is 0 Å². The molecule has 0 spiro atoms. The fourth-order valence-electron chi connectivity index (χ4n) is 5.72. The number of hydrogen-bond donors (Lipinski definition) is 3. The zero-order valence-electron chi connectivity index (χ0n) is 30.0. The Balaban J connectivity index is 4.11. The first-order valence-corrected chi connectivity index (χ1v) is 20.0. The van der Waals surface area contributed by atoms with Gasteiger partial charge in [0.15, 0.2) is 0 Å². The van der Waals surface area contributed by atoms with Crippen LogP contribution in [-0.4, -0.2) is 54.1 Å². The van der Waals surface area contributed by atoms with Crippen molar-refractivity contribution < 1.29 is 29.0 Å². The number of esters is 2. The predicted molar refractivity (Wildman–Crippen MR) is 195 cm³/mol. The zero-order valence-corrected chi connectivity index (χ0v) is 30.9. The Bertz CT molecular complexity index is 707. The molecule has 0 aromatic carbocycles. The lowest BCUT2D eigenvalue weighted by molar-refractivity contribution is -0.159. The van der Waals surface area contributed by atoms with Crippen LogP contribution in [0.3, 0.4) is 0 Å². The highest BCUT2D eigenvalue weighted by Crippen LogP contribution is 2.15. The van der Waals surface area contributed by atoms with E-state index in [1.165, 1.54) is 128 Å². The van der Waals surface area contributed by atoms with Gasteiger partial charge in [0.25, 0.3) is 0 Å². The summed E-state index contributed by atoms with van der Waals surface area (Å²) in [5.41, 5.74) is 0. The summed E-state index contributed by atoms with van der Waals surface area (Å²) in [6, 6.07) is -0.868. The molecule has 0 saturated heterocycles. The normalized spacial score (nSPS) is 12.6. The van der Waals surface area contributed by atoms with Crippen molar-refractivity contribution in [3.63, 3.8) is 0 Å². The molecule has 2 N–H and O–H groups in total. The number of rotatable bonds is 36. The fourth-order valence-corrected chi connectivity index (χ4v) is 6.00. The summed E-state index contributed by atoms with van der Waals surface area (Å²) in [5.74, 6) is -1.55. The molecule has 46 heavy (non-hydrogen) atoms. The topological polar surface area (TPSA) is 102 Å². The van der Waals surface area contributed by atoms with Gasteiger partial charge in [-0.1, -0.05) is 168 Å². The number of carboxylic acids is 1. The minimum absolute atomic E-state index is 0.0759. The molecule has 0 radical (unpaired) electrons. The summed E-state index contributed by atoms with van der Waals surface area (Å²) in [5, 5.41) is 12.2. The maximum absolute atomic E-state index is 12.5. The van der Waals surface area contributed by atoms with Crippen LogP contribution in [0.1, 0.15) is 194 Å². The van der Waals surface area contributed by atoms with Crippen molar-refractivity contribution in [3.8, 4) is 0 Å². The second kappa shape index (κ2) is 35.0. The molecule has 0 aliphatic rings. The molecule has 0 aliphatic heterocycles. The van der Waals surface area contributed by atoms with E-state index >= 15 is 0 Å². The summed E-state index contributed by atoms with van der Waals surface area (Å²) in [4.78, 5) is 36.3. The summed E-state index contributed by atoms with van der Waals surface area (Å²) in [7, 11) is 0. The third-order valence-electron chi connectivity index (χ3n) is 8.77. The van der Waals surface area contributed by atoms with Gasteiger partial charge in [-0.3, -0.25) is 19.7 Å². The third-order valence-corrected chi connectivity index (χ3v) is 9.13. The number of aliphatic carboxylic acids is 1. The molecule has 2 atom stereocenters. The van der Waals surface area contributed by atoms with Crippen LogP contribution in [0.2, 0.25) is 0 Å². The number of hydrogen-bond acceptors (Lipinski definition) is 7. The van der Waals surface area contributed by atoms with Crippen molar-refractivity contribution in [3.05, 3.63) is 0 Å². The Morgan fingerprint density at radius 2 is 0.913 bits per heavy atom. The monoisotopic (exact) mass is 672 g/mol. The molecule has 8 heteroatoms. The average molecular weight is 672 g/mol. The first kappa shape index (κ1) is 44.7. The van der Waals surface area contributed by atoms with Gasteiger partial charge < -0.3 is 14.6 Å². The second-order valence-electron chi connectivity index (χ2n) is 13.3. The molecule has 272 valence electrons. The molecule has 0 aliphatic carbocycles. The molecule has 0 rings (SSSR count). The van der Waals surface area contributed by atoms with E-state index < -0.39 is 18.1 Å². The molecule has 0 aromatic heterocycles. The van der Waals surface area contributed by atoms with Crippen LogP contribution in [0, 0.1) is 0 Å². The standard InChI is InChI=1S/C38H73NO6S/c1-3-5-7-9-11-13-15-17-19-21-23-25-27-29-36(40)44-32-34(31-39-35(33-46)38(42)43)45-37(41)30-28-26-24-22-20-18-16-14-12-10-8-6-4-2/h34-35,39,46H,3-33H2,1-2H3,(H,42,43)/t34?,35-/m0/s1. The van der Waals surface area contributed by atoms with E-state index in [1.807, 2.05) is 0 Å². The van der Waals surface area contributed by atoms with E-state index in [0.29, 0.717) is 12.8 Å². The van der Waals surface area contributed by atoms with E-state index in [4.69, 9.17) is 9.47 Å². The van der Waals surface area contributed by atoms with Crippen LogP contribution < -0.4 is 5.32 Å². The van der Waals surface area contributed by atoms with Crippen molar-refractivity contribution in [2.75, 3.05) is 18.9 Å². The van der Waals surface area contributed by atoms with E-state index in [2.05, 4.69) is 31.8 Å². The molecule has 0 heterocycles. The number of carboxylic acid groups (broad SMARTS) is 1. The highest BCUT2D eigenvalue weighted by molar-refractivity contribution is 7.80. The second-order valence-corrected chi connectivity index (χ2v) is 13.6. The maximum Gasteiger partial charge on any atom is 0.321 e. The average Bonchev–Trinajstić information content (AvgIpc) is 3.04. The van der Waals surface area contributed by atoms with Gasteiger partial charge in [0, 0.05) is 25.1 Å². The van der Waals surface area contributed by atoms with Crippen molar-refractivity contribution in [1.82, 2.24) is 5.32 Å². The first-order chi connectivity index (χ1) is 22.4. The Labute approximate surface area is 288 Å². The van der Waals surface area contributed by atoms with E-state index in [0.717, 1.165) is 38.5 Å². The van der Waals surface area contributed by atoms with Gasteiger partial charge >= 0.3 is 17.9 Å². The van der Waals surface area contributed by atoms with E-state index in [-0.39, 0.29) is 30.8 Å². The maximum atomic E-state index is 12.5. The summed E-state index contributed by atoms with van der Waals surface area (Å²) in [6.07, 6.45) is 32.2. The van der Waals surface area contributed by atoms with Crippen LogP contribution in [0.15, 0.2) is 0 Å². The molecule has 0 aromatic rings. The smallest absolute Gasteiger partial charge is 0.321 e. The number of carbonyl (C=O) groups is 3. The van der Waals surface area contributed by atoms with Crippen LogP contribution in [0.4, 0.5) is 0 Å². The van der Waals surface area contributed by atoms with Gasteiger partial charge in [-0.15, -0.1) is 0 Å². The van der Waals surface area contributed by atoms with Crippen molar-refractivity contribution in [2.24, 2.45) is 0 Å². The number of nitrogens with one attached hydrogen (secondary N) is 1. The number of carbonyl (C=O) groups excluding carboxylic acids is 2. The fraction of sp³-hybridized carbons (Fsp3) is 0.921. The Hall–Kier alpha value is -1.28. The van der Waals surface area contributed by atoms with E-state index in [1.54, 1.807) is 0 Å². The molecule has 0 bridgehead atoms. The van der Waals surface area contributed by atoms with Crippen molar-refractivity contribution >= 4 is 30.5 Å². The predicted octanol–water partition coefficient (Wildman–Crippen LogP) is 10.4.